The van der Waals surface area contributed by atoms with Crippen molar-refractivity contribution in [1.29, 1.82) is 0 Å². The fourth-order valence-electron chi connectivity index (χ4n) is 4.78. The first-order valence-corrected chi connectivity index (χ1v) is 10.2. The Morgan fingerprint density at radius 1 is 1.04 bits per heavy atom. The number of halogens is 1. The van der Waals surface area contributed by atoms with Crippen LogP contribution in [-0.2, 0) is 6.54 Å². The lowest BCUT2D eigenvalue weighted by molar-refractivity contribution is 0.105. The molecular weight excluding hydrogens is 337 g/mol. The highest BCUT2D eigenvalue weighted by Gasteiger charge is 2.23. The van der Waals surface area contributed by atoms with E-state index in [1.165, 1.54) is 31.2 Å². The van der Waals surface area contributed by atoms with Crippen LogP contribution in [0.2, 0.25) is 0 Å². The van der Waals surface area contributed by atoms with Crippen LogP contribution in [0.15, 0.2) is 46.9 Å². The van der Waals surface area contributed by atoms with E-state index in [0.717, 1.165) is 42.1 Å². The summed E-state index contributed by atoms with van der Waals surface area (Å²) in [4.78, 5) is 2.35. The Balaban J connectivity index is 1.40. The molecule has 1 aromatic heterocycles. The van der Waals surface area contributed by atoms with Gasteiger partial charge < -0.3 is 4.42 Å². The van der Waals surface area contributed by atoms with Gasteiger partial charge in [0.25, 0.3) is 0 Å². The molecule has 5 rings (SSSR count). The lowest BCUT2D eigenvalue weighted by Gasteiger charge is -2.37. The molecule has 2 nitrogen and oxygen atoms in total. The summed E-state index contributed by atoms with van der Waals surface area (Å²) in [6, 6.07) is 14.0. The summed E-state index contributed by atoms with van der Waals surface area (Å²) in [6.07, 6.45) is 5.21. The Hall–Kier alpha value is -2.13. The van der Waals surface area contributed by atoms with Crippen molar-refractivity contribution in [3.63, 3.8) is 0 Å². The fraction of sp³-hybridized carbons (Fsp3) is 0.417. The first kappa shape index (κ1) is 17.0. The number of benzene rings is 2. The Kier molecular flexibility index (Phi) is 4.28. The molecule has 2 aromatic carbocycles. The van der Waals surface area contributed by atoms with E-state index < -0.39 is 0 Å². The zero-order valence-electron chi connectivity index (χ0n) is 15.9. The van der Waals surface area contributed by atoms with Gasteiger partial charge in [0.05, 0.1) is 5.56 Å². The summed E-state index contributed by atoms with van der Waals surface area (Å²) in [5, 5.41) is 1.08. The Morgan fingerprint density at radius 2 is 1.85 bits per heavy atom. The molecule has 2 aliphatic rings. The summed E-state index contributed by atoms with van der Waals surface area (Å²) in [7, 11) is 0. The highest BCUT2D eigenvalue weighted by Crippen LogP contribution is 2.37. The van der Waals surface area contributed by atoms with E-state index in [4.69, 9.17) is 4.42 Å². The SMILES string of the molecule is CC1CN(Cc2ccc(-c3cc4cc(C5CCCC5)ccc4o3)c(F)c2)C1. The minimum Gasteiger partial charge on any atom is -0.456 e. The van der Waals surface area contributed by atoms with Gasteiger partial charge in [-0.05, 0) is 66.1 Å². The highest BCUT2D eigenvalue weighted by atomic mass is 19.1. The van der Waals surface area contributed by atoms with Gasteiger partial charge in [0.1, 0.15) is 17.2 Å². The molecule has 1 saturated carbocycles. The molecule has 0 amide bonds. The minimum atomic E-state index is -0.198. The van der Waals surface area contributed by atoms with Crippen LogP contribution < -0.4 is 0 Å². The molecule has 1 saturated heterocycles. The first-order valence-electron chi connectivity index (χ1n) is 10.2. The summed E-state index contributed by atoms with van der Waals surface area (Å²) < 4.78 is 20.7. The molecule has 0 unspecified atom stereocenters. The van der Waals surface area contributed by atoms with Crippen molar-refractivity contribution < 1.29 is 8.81 Å². The van der Waals surface area contributed by atoms with Gasteiger partial charge in [-0.1, -0.05) is 31.9 Å². The van der Waals surface area contributed by atoms with E-state index in [2.05, 4.69) is 24.0 Å². The number of fused-ring (bicyclic) bond motifs is 1. The van der Waals surface area contributed by atoms with E-state index in [0.29, 0.717) is 17.2 Å². The molecule has 2 heterocycles. The maximum atomic E-state index is 14.8. The minimum absolute atomic E-state index is 0.198. The van der Waals surface area contributed by atoms with Crippen molar-refractivity contribution in [1.82, 2.24) is 4.90 Å². The second-order valence-electron chi connectivity index (χ2n) is 8.50. The molecule has 0 bridgehead atoms. The van der Waals surface area contributed by atoms with Crippen molar-refractivity contribution >= 4 is 11.0 Å². The fourth-order valence-corrected chi connectivity index (χ4v) is 4.78. The number of nitrogens with zero attached hydrogens (tertiary/aromatic N) is 1. The third kappa shape index (κ3) is 3.29. The number of hydrogen-bond acceptors (Lipinski definition) is 2. The van der Waals surface area contributed by atoms with Crippen molar-refractivity contribution in [3.8, 4) is 11.3 Å². The maximum Gasteiger partial charge on any atom is 0.138 e. The van der Waals surface area contributed by atoms with Gasteiger partial charge in [-0.2, -0.15) is 0 Å². The molecule has 0 spiro atoms. The van der Waals surface area contributed by atoms with Gasteiger partial charge in [-0.3, -0.25) is 4.90 Å². The highest BCUT2D eigenvalue weighted by molar-refractivity contribution is 5.83. The molecular formula is C24H26FNO. The third-order valence-electron chi connectivity index (χ3n) is 6.21. The largest absolute Gasteiger partial charge is 0.456 e. The summed E-state index contributed by atoms with van der Waals surface area (Å²) >= 11 is 0. The van der Waals surface area contributed by atoms with Crippen LogP contribution >= 0.6 is 0 Å². The zero-order chi connectivity index (χ0) is 18.4. The van der Waals surface area contributed by atoms with Crippen LogP contribution in [0.4, 0.5) is 4.39 Å². The van der Waals surface area contributed by atoms with E-state index in [9.17, 15) is 4.39 Å². The molecule has 1 aliphatic carbocycles. The van der Waals surface area contributed by atoms with Crippen molar-refractivity contribution in [2.75, 3.05) is 13.1 Å². The topological polar surface area (TPSA) is 16.4 Å². The molecule has 0 atom stereocenters. The average Bonchev–Trinajstić information content (AvgIpc) is 3.29. The van der Waals surface area contributed by atoms with Gasteiger partial charge in [0.15, 0.2) is 0 Å². The Morgan fingerprint density at radius 3 is 2.59 bits per heavy atom. The molecule has 27 heavy (non-hydrogen) atoms. The molecule has 0 radical (unpaired) electrons. The number of likely N-dealkylation sites (tertiary alicyclic amines) is 1. The van der Waals surface area contributed by atoms with Crippen LogP contribution in [0, 0.1) is 11.7 Å². The predicted octanol–water partition coefficient (Wildman–Crippen LogP) is 6.35. The maximum absolute atomic E-state index is 14.8. The normalized spacial score (nSPS) is 19.0. The quantitative estimate of drug-likeness (QED) is 0.537. The van der Waals surface area contributed by atoms with Crippen LogP contribution in [0.3, 0.4) is 0 Å². The Bertz CT molecular complexity index is 964. The van der Waals surface area contributed by atoms with E-state index >= 15 is 0 Å². The second-order valence-corrected chi connectivity index (χ2v) is 8.50. The van der Waals surface area contributed by atoms with E-state index in [1.54, 1.807) is 6.07 Å². The van der Waals surface area contributed by atoms with Gasteiger partial charge >= 0.3 is 0 Å². The lowest BCUT2D eigenvalue weighted by Crippen LogP contribution is -2.44. The summed E-state index contributed by atoms with van der Waals surface area (Å²) in [5.74, 6) is 1.86. The number of rotatable bonds is 4. The van der Waals surface area contributed by atoms with E-state index in [-0.39, 0.29) is 5.82 Å². The predicted molar refractivity (Wildman–Crippen MR) is 107 cm³/mol. The van der Waals surface area contributed by atoms with Crippen LogP contribution in [0.5, 0.6) is 0 Å². The van der Waals surface area contributed by atoms with Gasteiger partial charge in [0, 0.05) is 25.0 Å². The second kappa shape index (κ2) is 6.79. The third-order valence-corrected chi connectivity index (χ3v) is 6.21. The summed E-state index contributed by atoms with van der Waals surface area (Å²) in [6.45, 7) is 5.29. The van der Waals surface area contributed by atoms with Crippen LogP contribution in [0.1, 0.15) is 49.7 Å². The van der Waals surface area contributed by atoms with Crippen molar-refractivity contribution in [3.05, 3.63) is 59.4 Å². The lowest BCUT2D eigenvalue weighted by atomic mass is 9.96. The monoisotopic (exact) mass is 363 g/mol. The average molecular weight is 363 g/mol. The first-order chi connectivity index (χ1) is 13.2. The molecule has 3 aromatic rings. The smallest absolute Gasteiger partial charge is 0.138 e. The van der Waals surface area contributed by atoms with Crippen LogP contribution in [0.25, 0.3) is 22.3 Å². The molecule has 1 aliphatic heterocycles. The number of furan rings is 1. The van der Waals surface area contributed by atoms with E-state index in [1.807, 2.05) is 24.3 Å². The van der Waals surface area contributed by atoms with Gasteiger partial charge in [0.2, 0.25) is 0 Å². The van der Waals surface area contributed by atoms with Crippen molar-refractivity contribution in [2.24, 2.45) is 5.92 Å². The summed E-state index contributed by atoms with van der Waals surface area (Å²) in [5.41, 5.74) is 3.81. The zero-order valence-corrected chi connectivity index (χ0v) is 15.9. The van der Waals surface area contributed by atoms with Crippen molar-refractivity contribution in [2.45, 2.75) is 45.1 Å². The van der Waals surface area contributed by atoms with Gasteiger partial charge in [-0.25, -0.2) is 4.39 Å². The molecule has 2 fully saturated rings. The number of hydrogen-bond donors (Lipinski definition) is 0. The van der Waals surface area contributed by atoms with Crippen LogP contribution in [-0.4, -0.2) is 18.0 Å². The Labute approximate surface area is 160 Å². The van der Waals surface area contributed by atoms with Gasteiger partial charge in [-0.15, -0.1) is 0 Å². The molecule has 3 heteroatoms. The molecule has 0 N–H and O–H groups in total. The molecule has 140 valence electrons. The standard InChI is InChI=1S/C24H26FNO/c1-16-13-26(14-16)15-17-6-8-21(22(25)10-17)24-12-20-11-19(7-9-23(20)27-24)18-4-2-3-5-18/h6-12,16,18H,2-5,13-15H2,1H3.